The van der Waals surface area contributed by atoms with Crippen molar-refractivity contribution in [3.8, 4) is 0 Å². The molecule has 1 atom stereocenters. The molecular formula is C17H21N3OS. The van der Waals surface area contributed by atoms with Gasteiger partial charge in [-0.25, -0.2) is 4.98 Å². The molecule has 0 saturated carbocycles. The Hall–Kier alpha value is -1.88. The van der Waals surface area contributed by atoms with E-state index in [1.807, 2.05) is 36.0 Å². The molecule has 0 radical (unpaired) electrons. The maximum atomic E-state index is 12.9. The van der Waals surface area contributed by atoms with E-state index in [1.165, 1.54) is 10.4 Å². The topological polar surface area (TPSA) is 36.4 Å². The van der Waals surface area contributed by atoms with E-state index in [4.69, 9.17) is 0 Å². The van der Waals surface area contributed by atoms with Gasteiger partial charge in [-0.2, -0.15) is 0 Å². The van der Waals surface area contributed by atoms with Gasteiger partial charge < -0.3 is 9.80 Å². The Balaban J connectivity index is 1.85. The van der Waals surface area contributed by atoms with Crippen molar-refractivity contribution in [2.75, 3.05) is 25.5 Å². The summed E-state index contributed by atoms with van der Waals surface area (Å²) in [6.07, 6.45) is 3.59. The minimum atomic E-state index is 0.0847. The normalized spacial score (nSPS) is 17.2. The molecule has 0 aliphatic carbocycles. The summed E-state index contributed by atoms with van der Waals surface area (Å²) in [5.41, 5.74) is 1.99. The van der Waals surface area contributed by atoms with E-state index in [-0.39, 0.29) is 11.9 Å². The highest BCUT2D eigenvalue weighted by atomic mass is 32.1. The Morgan fingerprint density at radius 3 is 2.86 bits per heavy atom. The predicted octanol–water partition coefficient (Wildman–Crippen LogP) is 3.36. The van der Waals surface area contributed by atoms with Gasteiger partial charge in [-0.3, -0.25) is 4.79 Å². The van der Waals surface area contributed by atoms with Gasteiger partial charge in [0.05, 0.1) is 11.6 Å². The van der Waals surface area contributed by atoms with E-state index in [0.29, 0.717) is 5.56 Å². The number of aromatic nitrogens is 1. The molecule has 2 aromatic rings. The first-order valence-electron chi connectivity index (χ1n) is 7.62. The van der Waals surface area contributed by atoms with Gasteiger partial charge in [0.2, 0.25) is 0 Å². The van der Waals surface area contributed by atoms with Crippen LogP contribution in [0.4, 0.5) is 5.82 Å². The largest absolute Gasteiger partial charge is 0.363 e. The van der Waals surface area contributed by atoms with Crippen molar-refractivity contribution in [2.24, 2.45) is 0 Å². The third-order valence-electron chi connectivity index (χ3n) is 4.20. The van der Waals surface area contributed by atoms with Crippen molar-refractivity contribution in [3.63, 3.8) is 0 Å². The van der Waals surface area contributed by atoms with Crippen molar-refractivity contribution >= 4 is 23.1 Å². The fourth-order valence-electron chi connectivity index (χ4n) is 3.02. The third kappa shape index (κ3) is 2.61. The summed E-state index contributed by atoms with van der Waals surface area (Å²) in [7, 11) is 3.89. The molecule has 0 saturated heterocycles. The number of rotatable bonds is 3. The van der Waals surface area contributed by atoms with Crippen LogP contribution in [0.25, 0.3) is 0 Å². The van der Waals surface area contributed by atoms with Crippen molar-refractivity contribution in [3.05, 3.63) is 45.8 Å². The minimum Gasteiger partial charge on any atom is -0.363 e. The molecule has 0 fully saturated rings. The summed E-state index contributed by atoms with van der Waals surface area (Å²) in [6, 6.07) is 6.13. The Kier molecular flexibility index (Phi) is 4.16. The van der Waals surface area contributed by atoms with Crippen molar-refractivity contribution in [1.29, 1.82) is 0 Å². The zero-order valence-corrected chi connectivity index (χ0v) is 14.1. The number of hydrogen-bond acceptors (Lipinski definition) is 4. The molecule has 0 N–H and O–H groups in total. The number of carbonyl (C=O) groups excluding carboxylic acids is 1. The van der Waals surface area contributed by atoms with E-state index < -0.39 is 0 Å². The second kappa shape index (κ2) is 6.08. The lowest BCUT2D eigenvalue weighted by atomic mass is 9.97. The number of anilines is 1. The van der Waals surface area contributed by atoms with Crippen LogP contribution in [0.15, 0.2) is 29.8 Å². The van der Waals surface area contributed by atoms with E-state index in [0.717, 1.165) is 25.2 Å². The lowest BCUT2D eigenvalue weighted by Gasteiger charge is -2.35. The molecule has 0 spiro atoms. The summed E-state index contributed by atoms with van der Waals surface area (Å²) in [6.45, 7) is 2.94. The Bertz CT molecular complexity index is 663. The van der Waals surface area contributed by atoms with Crippen LogP contribution in [0.1, 0.15) is 40.2 Å². The lowest BCUT2D eigenvalue weighted by molar-refractivity contribution is 0.0657. The monoisotopic (exact) mass is 315 g/mol. The van der Waals surface area contributed by atoms with E-state index in [1.54, 1.807) is 17.5 Å². The van der Waals surface area contributed by atoms with Crippen LogP contribution < -0.4 is 4.90 Å². The first-order valence-corrected chi connectivity index (χ1v) is 8.50. The average molecular weight is 315 g/mol. The second-order valence-electron chi connectivity index (χ2n) is 5.77. The number of pyridine rings is 1. The third-order valence-corrected chi connectivity index (χ3v) is 5.19. The second-order valence-corrected chi connectivity index (χ2v) is 6.77. The molecule has 1 amide bonds. The SMILES string of the molecule is CCC1c2ccsc2CCN1C(=O)c1ccc(N(C)C)nc1. The summed E-state index contributed by atoms with van der Waals surface area (Å²) in [5, 5.41) is 2.13. The molecule has 1 unspecified atom stereocenters. The minimum absolute atomic E-state index is 0.0847. The summed E-state index contributed by atoms with van der Waals surface area (Å²) in [4.78, 5) is 22.6. The average Bonchev–Trinajstić information content (AvgIpc) is 3.01. The molecule has 0 bridgehead atoms. The Morgan fingerprint density at radius 1 is 1.41 bits per heavy atom. The van der Waals surface area contributed by atoms with Gasteiger partial charge >= 0.3 is 0 Å². The van der Waals surface area contributed by atoms with Gasteiger partial charge in [0.15, 0.2) is 0 Å². The standard InChI is InChI=1S/C17H21N3OS/c1-4-14-13-8-10-22-15(13)7-9-20(14)17(21)12-5-6-16(18-11-12)19(2)3/h5-6,8,10-11,14H,4,7,9H2,1-3H3. The summed E-state index contributed by atoms with van der Waals surface area (Å²) in [5.74, 6) is 0.948. The number of hydrogen-bond donors (Lipinski definition) is 0. The Morgan fingerprint density at radius 2 is 2.23 bits per heavy atom. The molecule has 0 aromatic carbocycles. The molecule has 1 aliphatic rings. The molecular weight excluding hydrogens is 294 g/mol. The maximum Gasteiger partial charge on any atom is 0.255 e. The Labute approximate surface area is 135 Å². The zero-order chi connectivity index (χ0) is 15.7. The number of fused-ring (bicyclic) bond motifs is 1. The summed E-state index contributed by atoms with van der Waals surface area (Å²) >= 11 is 1.80. The quantitative estimate of drug-likeness (QED) is 0.871. The van der Waals surface area contributed by atoms with E-state index >= 15 is 0 Å². The molecule has 4 nitrogen and oxygen atoms in total. The lowest BCUT2D eigenvalue weighted by Crippen LogP contribution is -2.39. The first-order chi connectivity index (χ1) is 10.6. The number of amides is 1. The van der Waals surface area contributed by atoms with E-state index in [9.17, 15) is 4.79 Å². The van der Waals surface area contributed by atoms with Gasteiger partial charge in [0.25, 0.3) is 5.91 Å². The van der Waals surface area contributed by atoms with Crippen LogP contribution in [-0.2, 0) is 6.42 Å². The van der Waals surface area contributed by atoms with Gasteiger partial charge in [0, 0.05) is 31.7 Å². The highest BCUT2D eigenvalue weighted by Crippen LogP contribution is 2.35. The number of nitrogens with zero attached hydrogens (tertiary/aromatic N) is 3. The zero-order valence-electron chi connectivity index (χ0n) is 13.2. The highest BCUT2D eigenvalue weighted by molar-refractivity contribution is 7.10. The number of thiophene rings is 1. The highest BCUT2D eigenvalue weighted by Gasteiger charge is 2.30. The van der Waals surface area contributed by atoms with Crippen LogP contribution in [0.3, 0.4) is 0 Å². The van der Waals surface area contributed by atoms with Gasteiger partial charge in [0.1, 0.15) is 5.82 Å². The van der Waals surface area contributed by atoms with Crippen molar-refractivity contribution in [2.45, 2.75) is 25.8 Å². The molecule has 2 aromatic heterocycles. The maximum absolute atomic E-state index is 12.9. The van der Waals surface area contributed by atoms with Crippen LogP contribution in [-0.4, -0.2) is 36.4 Å². The molecule has 3 rings (SSSR count). The van der Waals surface area contributed by atoms with Crippen molar-refractivity contribution < 1.29 is 4.79 Å². The van der Waals surface area contributed by atoms with E-state index in [2.05, 4.69) is 23.4 Å². The molecule has 22 heavy (non-hydrogen) atoms. The fourth-order valence-corrected chi connectivity index (χ4v) is 3.95. The molecule has 3 heterocycles. The van der Waals surface area contributed by atoms with Crippen LogP contribution in [0.2, 0.25) is 0 Å². The molecule has 1 aliphatic heterocycles. The molecule has 116 valence electrons. The molecule has 5 heteroatoms. The van der Waals surface area contributed by atoms with Gasteiger partial charge in [-0.05, 0) is 42.0 Å². The van der Waals surface area contributed by atoms with Crippen LogP contribution in [0.5, 0.6) is 0 Å². The van der Waals surface area contributed by atoms with Crippen LogP contribution >= 0.6 is 11.3 Å². The van der Waals surface area contributed by atoms with Gasteiger partial charge in [-0.1, -0.05) is 6.92 Å². The summed E-state index contributed by atoms with van der Waals surface area (Å²) < 4.78 is 0. The smallest absolute Gasteiger partial charge is 0.255 e. The van der Waals surface area contributed by atoms with Gasteiger partial charge in [-0.15, -0.1) is 11.3 Å². The van der Waals surface area contributed by atoms with Crippen molar-refractivity contribution in [1.82, 2.24) is 9.88 Å². The fraction of sp³-hybridized carbons (Fsp3) is 0.412. The number of carbonyl (C=O) groups is 1. The van der Waals surface area contributed by atoms with Crippen LogP contribution in [0, 0.1) is 0 Å². The first kappa shape index (κ1) is 15.0. The predicted molar refractivity (Wildman–Crippen MR) is 90.7 cm³/mol.